The zero-order chi connectivity index (χ0) is 14.0. The van der Waals surface area contributed by atoms with Crippen LogP contribution in [0, 0.1) is 11.3 Å². The number of hydrogen-bond acceptors (Lipinski definition) is 4. The van der Waals surface area contributed by atoms with E-state index >= 15 is 0 Å². The minimum absolute atomic E-state index is 0.0168. The average molecular weight is 270 g/mol. The Hall–Kier alpha value is -1.86. The molecule has 4 heteroatoms. The van der Waals surface area contributed by atoms with Gasteiger partial charge in [0.2, 0.25) is 0 Å². The van der Waals surface area contributed by atoms with E-state index in [0.717, 1.165) is 22.1 Å². The van der Waals surface area contributed by atoms with Gasteiger partial charge in [-0.3, -0.25) is 9.78 Å². The van der Waals surface area contributed by atoms with Gasteiger partial charge in [0.05, 0.1) is 11.1 Å². The minimum atomic E-state index is -0.0168. The van der Waals surface area contributed by atoms with E-state index in [1.165, 1.54) is 0 Å². The van der Waals surface area contributed by atoms with Crippen molar-refractivity contribution in [1.82, 2.24) is 4.98 Å². The van der Waals surface area contributed by atoms with Crippen molar-refractivity contribution < 1.29 is 4.79 Å². The zero-order valence-electron chi connectivity index (χ0n) is 11.1. The number of nitrogens with zero attached hydrogens (tertiary/aromatic N) is 2. The fraction of sp³-hybridized carbons (Fsp3) is 0.267. The highest BCUT2D eigenvalue weighted by Crippen LogP contribution is 2.38. The molecule has 0 bridgehead atoms. The molecule has 2 aromatic rings. The highest BCUT2D eigenvalue weighted by molar-refractivity contribution is 8.00. The summed E-state index contributed by atoms with van der Waals surface area (Å²) in [5, 5.41) is 10.1. The molecular weight excluding hydrogens is 256 g/mol. The lowest BCUT2D eigenvalue weighted by molar-refractivity contribution is 0.112. The summed E-state index contributed by atoms with van der Waals surface area (Å²) in [6.07, 6.45) is 2.40. The van der Waals surface area contributed by atoms with Gasteiger partial charge in [0.25, 0.3) is 0 Å². The fourth-order valence-corrected chi connectivity index (χ4v) is 2.85. The molecule has 1 aromatic heterocycles. The summed E-state index contributed by atoms with van der Waals surface area (Å²) in [5.41, 5.74) is 1.95. The van der Waals surface area contributed by atoms with E-state index in [-0.39, 0.29) is 4.75 Å². The maximum absolute atomic E-state index is 10.9. The molecule has 0 N–H and O–H groups in total. The van der Waals surface area contributed by atoms with E-state index < -0.39 is 0 Å². The molecule has 0 amide bonds. The summed E-state index contributed by atoms with van der Waals surface area (Å²) in [7, 11) is 0. The molecule has 0 aliphatic carbocycles. The van der Waals surface area contributed by atoms with Gasteiger partial charge in [-0.15, -0.1) is 11.8 Å². The molecule has 0 radical (unpaired) electrons. The number of aromatic nitrogens is 1. The maximum Gasteiger partial charge on any atom is 0.150 e. The van der Waals surface area contributed by atoms with Crippen LogP contribution in [0.1, 0.15) is 36.7 Å². The van der Waals surface area contributed by atoms with Crippen molar-refractivity contribution in [3.8, 4) is 6.07 Å². The monoisotopic (exact) mass is 270 g/mol. The third-order valence-corrected chi connectivity index (χ3v) is 3.76. The van der Waals surface area contributed by atoms with Crippen LogP contribution in [0.15, 0.2) is 29.3 Å². The standard InChI is InChI=1S/C15H14N2OS/c1-15(2,3)19-14-11(7-16)8-17-13-5-4-10(9-18)6-12(13)14/h4-6,8-9H,1-3H3. The highest BCUT2D eigenvalue weighted by atomic mass is 32.2. The highest BCUT2D eigenvalue weighted by Gasteiger charge is 2.18. The van der Waals surface area contributed by atoms with Crippen LogP contribution in [0.2, 0.25) is 0 Å². The number of carbonyl (C=O) groups is 1. The molecule has 0 saturated heterocycles. The molecule has 2 rings (SSSR count). The Labute approximate surface area is 116 Å². The summed E-state index contributed by atoms with van der Waals surface area (Å²) in [5.74, 6) is 0. The van der Waals surface area contributed by atoms with E-state index in [1.54, 1.807) is 30.1 Å². The average Bonchev–Trinajstić information content (AvgIpc) is 2.37. The Morgan fingerprint density at radius 3 is 2.68 bits per heavy atom. The van der Waals surface area contributed by atoms with Crippen LogP contribution < -0.4 is 0 Å². The first-order valence-electron chi connectivity index (χ1n) is 5.91. The van der Waals surface area contributed by atoms with Gasteiger partial charge in [0.1, 0.15) is 12.4 Å². The van der Waals surface area contributed by atoms with Gasteiger partial charge < -0.3 is 0 Å². The number of pyridine rings is 1. The first kappa shape index (κ1) is 13.6. The van der Waals surface area contributed by atoms with Crippen LogP contribution in [0.25, 0.3) is 10.9 Å². The second kappa shape index (κ2) is 5.02. The molecule has 0 aliphatic rings. The lowest BCUT2D eigenvalue weighted by Crippen LogP contribution is -2.07. The van der Waals surface area contributed by atoms with Crippen molar-refractivity contribution in [3.05, 3.63) is 35.5 Å². The molecule has 0 unspecified atom stereocenters. The van der Waals surface area contributed by atoms with Crippen molar-refractivity contribution in [2.24, 2.45) is 0 Å². The zero-order valence-corrected chi connectivity index (χ0v) is 11.9. The van der Waals surface area contributed by atoms with Gasteiger partial charge in [0, 0.05) is 26.8 Å². The van der Waals surface area contributed by atoms with Crippen molar-refractivity contribution in [1.29, 1.82) is 5.26 Å². The topological polar surface area (TPSA) is 53.8 Å². The van der Waals surface area contributed by atoms with Gasteiger partial charge in [0.15, 0.2) is 0 Å². The molecule has 0 spiro atoms. The van der Waals surface area contributed by atoms with Crippen LogP contribution in [-0.2, 0) is 0 Å². The van der Waals surface area contributed by atoms with E-state index in [0.29, 0.717) is 11.1 Å². The predicted molar refractivity (Wildman–Crippen MR) is 77.5 cm³/mol. The summed E-state index contributed by atoms with van der Waals surface area (Å²) < 4.78 is -0.0168. The van der Waals surface area contributed by atoms with Crippen molar-refractivity contribution >= 4 is 29.0 Å². The molecule has 0 saturated carbocycles. The smallest absolute Gasteiger partial charge is 0.150 e. The molecule has 0 aliphatic heterocycles. The van der Waals surface area contributed by atoms with E-state index in [9.17, 15) is 10.1 Å². The van der Waals surface area contributed by atoms with Crippen LogP contribution in [-0.4, -0.2) is 16.0 Å². The number of fused-ring (bicyclic) bond motifs is 1. The third kappa shape index (κ3) is 2.94. The number of carbonyl (C=O) groups excluding carboxylic acids is 1. The number of aldehydes is 1. The fourth-order valence-electron chi connectivity index (χ4n) is 1.75. The Morgan fingerprint density at radius 2 is 2.11 bits per heavy atom. The lowest BCUT2D eigenvalue weighted by Gasteiger charge is -2.19. The quantitative estimate of drug-likeness (QED) is 0.615. The maximum atomic E-state index is 10.9. The first-order chi connectivity index (χ1) is 8.94. The van der Waals surface area contributed by atoms with Gasteiger partial charge in [-0.1, -0.05) is 20.8 Å². The Kier molecular flexibility index (Phi) is 3.59. The minimum Gasteiger partial charge on any atom is -0.298 e. The summed E-state index contributed by atoms with van der Waals surface area (Å²) in [4.78, 5) is 16.1. The van der Waals surface area contributed by atoms with Crippen LogP contribution in [0.3, 0.4) is 0 Å². The molecule has 1 heterocycles. The summed E-state index contributed by atoms with van der Waals surface area (Å²) in [6.45, 7) is 6.28. The predicted octanol–water partition coefficient (Wildman–Crippen LogP) is 3.81. The number of benzene rings is 1. The van der Waals surface area contributed by atoms with Crippen molar-refractivity contribution in [2.75, 3.05) is 0 Å². The van der Waals surface area contributed by atoms with Crippen LogP contribution >= 0.6 is 11.8 Å². The van der Waals surface area contributed by atoms with Gasteiger partial charge in [-0.2, -0.15) is 5.26 Å². The largest absolute Gasteiger partial charge is 0.298 e. The molecule has 1 aromatic carbocycles. The number of rotatable bonds is 2. The van der Waals surface area contributed by atoms with Crippen LogP contribution in [0.4, 0.5) is 0 Å². The Bertz CT molecular complexity index is 681. The number of hydrogen-bond donors (Lipinski definition) is 0. The van der Waals surface area contributed by atoms with Crippen LogP contribution in [0.5, 0.6) is 0 Å². The molecular formula is C15H14N2OS. The first-order valence-corrected chi connectivity index (χ1v) is 6.73. The molecule has 96 valence electrons. The normalized spacial score (nSPS) is 11.3. The number of thioether (sulfide) groups is 1. The second-order valence-electron chi connectivity index (χ2n) is 5.22. The van der Waals surface area contributed by atoms with E-state index in [4.69, 9.17) is 0 Å². The summed E-state index contributed by atoms with van der Waals surface area (Å²) >= 11 is 1.62. The van der Waals surface area contributed by atoms with Gasteiger partial charge in [-0.05, 0) is 18.2 Å². The van der Waals surface area contributed by atoms with E-state index in [2.05, 4.69) is 31.8 Å². The molecule has 0 fully saturated rings. The molecule has 3 nitrogen and oxygen atoms in total. The second-order valence-corrected chi connectivity index (χ2v) is 7.06. The number of nitriles is 1. The van der Waals surface area contributed by atoms with Crippen molar-refractivity contribution in [3.63, 3.8) is 0 Å². The Morgan fingerprint density at radius 1 is 1.37 bits per heavy atom. The SMILES string of the molecule is CC(C)(C)Sc1c(C#N)cnc2ccc(C=O)cc12. The lowest BCUT2D eigenvalue weighted by atomic mass is 10.1. The molecule has 0 atom stereocenters. The van der Waals surface area contributed by atoms with Gasteiger partial charge >= 0.3 is 0 Å². The Balaban J connectivity index is 2.74. The van der Waals surface area contributed by atoms with Gasteiger partial charge in [-0.25, -0.2) is 0 Å². The van der Waals surface area contributed by atoms with Crippen molar-refractivity contribution in [2.45, 2.75) is 30.4 Å². The summed E-state index contributed by atoms with van der Waals surface area (Å²) in [6, 6.07) is 7.52. The molecule has 19 heavy (non-hydrogen) atoms. The third-order valence-electron chi connectivity index (χ3n) is 2.51. The van der Waals surface area contributed by atoms with E-state index in [1.807, 2.05) is 6.07 Å².